The highest BCUT2D eigenvalue weighted by molar-refractivity contribution is 6.32. The Hall–Kier alpha value is -3.64. The van der Waals surface area contributed by atoms with Crippen LogP contribution in [0, 0.1) is 13.8 Å². The van der Waals surface area contributed by atoms with E-state index < -0.39 is 0 Å². The average Bonchev–Trinajstić information content (AvgIpc) is 3.17. The molecule has 2 aromatic carbocycles. The lowest BCUT2D eigenvalue weighted by atomic mass is 9.92. The number of rotatable bonds is 15. The minimum atomic E-state index is -0.352. The summed E-state index contributed by atoms with van der Waals surface area (Å²) in [6.07, 6.45) is 7.10. The van der Waals surface area contributed by atoms with E-state index in [9.17, 15) is 10.2 Å². The molecule has 290 valence electrons. The molecule has 0 aliphatic heterocycles. The maximum atomic E-state index is 10.4. The van der Waals surface area contributed by atoms with E-state index in [-0.39, 0.29) is 37.5 Å². The number of nitrogens with one attached hydrogen (secondary N) is 2. The van der Waals surface area contributed by atoms with Crippen LogP contribution < -0.4 is 29.6 Å². The smallest absolute Gasteiger partial charge is 0.236 e. The number of methoxy groups -OCH3 is 2. The third-order valence-electron chi connectivity index (χ3n) is 10.8. The molecule has 0 spiro atoms. The molecule has 2 saturated carbocycles. The van der Waals surface area contributed by atoms with Crippen molar-refractivity contribution in [1.82, 2.24) is 20.6 Å². The maximum Gasteiger partial charge on any atom is 0.236 e. The Balaban J connectivity index is 1.12. The molecular weight excluding hydrogens is 727 g/mol. The van der Waals surface area contributed by atoms with Crippen LogP contribution >= 0.6 is 23.2 Å². The number of halogens is 2. The van der Waals surface area contributed by atoms with E-state index in [1.165, 1.54) is 0 Å². The zero-order valence-corrected chi connectivity index (χ0v) is 33.1. The first-order valence-corrected chi connectivity index (χ1v) is 19.6. The summed E-state index contributed by atoms with van der Waals surface area (Å²) >= 11 is 13.3. The van der Waals surface area contributed by atoms with E-state index in [4.69, 9.17) is 42.1 Å². The predicted molar refractivity (Wildman–Crippen MR) is 212 cm³/mol. The normalized spacial score (nSPS) is 20.1. The molecule has 4 N–H and O–H groups in total. The van der Waals surface area contributed by atoms with Crippen molar-refractivity contribution in [3.05, 3.63) is 92.0 Å². The molecule has 0 saturated heterocycles. The van der Waals surface area contributed by atoms with Gasteiger partial charge in [0.2, 0.25) is 23.5 Å². The fourth-order valence-corrected chi connectivity index (χ4v) is 7.99. The molecule has 0 unspecified atom stereocenters. The number of hydrogen-bond donors (Lipinski definition) is 4. The van der Waals surface area contributed by atoms with Gasteiger partial charge in [-0.1, -0.05) is 85.3 Å². The van der Waals surface area contributed by atoms with Gasteiger partial charge in [0, 0.05) is 36.3 Å². The molecular formula is C42H52Cl2N4O6. The van der Waals surface area contributed by atoms with Crippen molar-refractivity contribution < 1.29 is 29.2 Å². The second kappa shape index (κ2) is 18.8. The monoisotopic (exact) mass is 778 g/mol. The number of ether oxygens (including phenoxy) is 4. The molecule has 2 aliphatic rings. The number of pyridine rings is 2. The van der Waals surface area contributed by atoms with E-state index in [2.05, 4.69) is 46.6 Å². The first-order valence-electron chi connectivity index (χ1n) is 18.9. The van der Waals surface area contributed by atoms with Gasteiger partial charge in [-0.05, 0) is 85.0 Å². The van der Waals surface area contributed by atoms with E-state index in [1.807, 2.05) is 36.4 Å². The molecule has 2 aliphatic carbocycles. The van der Waals surface area contributed by atoms with E-state index in [0.29, 0.717) is 46.7 Å². The van der Waals surface area contributed by atoms with Crippen molar-refractivity contribution in [1.29, 1.82) is 0 Å². The standard InChI is InChI=1S/C42H52Cl2N4O6/c1-25-27(23-53-41-33(43)19-29(39(47-41)51-3)21-45-35-15-5-7-17-37(35)49)11-9-13-31(25)32-14-10-12-28(26(32)2)24-54-42-34(44)20-30(40(48-42)52-4)22-46-36-16-6-8-18-38(36)50/h9-14,19-20,35-38,45-46,49-50H,5-8,15-18,21-24H2,1-4H3/t35-,36-,37-,38-/m1/s1. The van der Waals surface area contributed by atoms with Crippen LogP contribution in [0.3, 0.4) is 0 Å². The van der Waals surface area contributed by atoms with Crippen molar-refractivity contribution in [2.45, 2.75) is 116 Å². The fraction of sp³-hybridized carbons (Fsp3) is 0.476. The molecule has 2 aromatic heterocycles. The lowest BCUT2D eigenvalue weighted by Gasteiger charge is -2.28. The number of aliphatic hydroxyl groups is 2. The van der Waals surface area contributed by atoms with Gasteiger partial charge in [-0.15, -0.1) is 0 Å². The van der Waals surface area contributed by atoms with Crippen LogP contribution in [-0.2, 0) is 26.3 Å². The molecule has 0 bridgehead atoms. The Labute approximate surface area is 328 Å². The highest BCUT2D eigenvalue weighted by atomic mass is 35.5. The van der Waals surface area contributed by atoms with Gasteiger partial charge in [-0.25, -0.2) is 0 Å². The quantitative estimate of drug-likeness (QED) is 0.0943. The van der Waals surface area contributed by atoms with Gasteiger partial charge in [0.15, 0.2) is 0 Å². The SMILES string of the molecule is COc1nc(OCc2cccc(-c3cccc(COc4nc(OC)c(CN[C@@H]5CCCC[C@H]5O)cc4Cl)c3C)c2C)c(Cl)cc1CN[C@@H]1CCCC[C@H]1O. The lowest BCUT2D eigenvalue weighted by Crippen LogP contribution is -2.41. The minimum Gasteiger partial charge on any atom is -0.481 e. The van der Waals surface area contributed by atoms with E-state index >= 15 is 0 Å². The largest absolute Gasteiger partial charge is 0.481 e. The molecule has 0 amide bonds. The molecule has 4 atom stereocenters. The van der Waals surface area contributed by atoms with Crippen LogP contribution in [0.4, 0.5) is 0 Å². The second-order valence-electron chi connectivity index (χ2n) is 14.3. The van der Waals surface area contributed by atoms with Crippen LogP contribution in [0.25, 0.3) is 11.1 Å². The van der Waals surface area contributed by atoms with Gasteiger partial charge in [-0.3, -0.25) is 0 Å². The van der Waals surface area contributed by atoms with Gasteiger partial charge in [0.25, 0.3) is 0 Å². The van der Waals surface area contributed by atoms with Crippen LogP contribution in [-0.4, -0.2) is 58.7 Å². The lowest BCUT2D eigenvalue weighted by molar-refractivity contribution is 0.0899. The van der Waals surface area contributed by atoms with Gasteiger partial charge in [0.05, 0.1) is 26.4 Å². The van der Waals surface area contributed by atoms with E-state index in [0.717, 1.165) is 95.9 Å². The third kappa shape index (κ3) is 9.59. The average molecular weight is 780 g/mol. The van der Waals surface area contributed by atoms with Gasteiger partial charge >= 0.3 is 0 Å². The number of benzene rings is 2. The van der Waals surface area contributed by atoms with Gasteiger partial charge < -0.3 is 39.8 Å². The summed E-state index contributed by atoms with van der Waals surface area (Å²) in [5, 5.41) is 28.4. The van der Waals surface area contributed by atoms with Crippen LogP contribution in [0.2, 0.25) is 10.0 Å². The Bertz CT molecular complexity index is 1760. The third-order valence-corrected chi connectivity index (χ3v) is 11.4. The molecule has 12 heteroatoms. The zero-order valence-electron chi connectivity index (χ0n) is 31.6. The van der Waals surface area contributed by atoms with Crippen molar-refractivity contribution in [3.8, 4) is 34.6 Å². The Morgan fingerprint density at radius 1 is 0.611 bits per heavy atom. The highest BCUT2D eigenvalue weighted by Gasteiger charge is 2.25. The summed E-state index contributed by atoms with van der Waals surface area (Å²) in [6.45, 7) is 5.67. The van der Waals surface area contributed by atoms with Crippen LogP contribution in [0.5, 0.6) is 23.5 Å². The predicted octanol–water partition coefficient (Wildman–Crippen LogP) is 8.03. The highest BCUT2D eigenvalue weighted by Crippen LogP contribution is 2.35. The number of aliphatic hydroxyl groups excluding tert-OH is 2. The van der Waals surface area contributed by atoms with Crippen molar-refractivity contribution in [2.24, 2.45) is 0 Å². The molecule has 6 rings (SSSR count). The summed E-state index contributed by atoms with van der Waals surface area (Å²) in [7, 11) is 3.16. The Kier molecular flexibility index (Phi) is 13.9. The zero-order chi connectivity index (χ0) is 38.2. The van der Waals surface area contributed by atoms with Crippen molar-refractivity contribution in [2.75, 3.05) is 14.2 Å². The molecule has 2 fully saturated rings. The second-order valence-corrected chi connectivity index (χ2v) is 15.1. The fourth-order valence-electron chi connectivity index (χ4n) is 7.53. The van der Waals surface area contributed by atoms with Crippen LogP contribution in [0.1, 0.15) is 84.7 Å². The number of hydrogen-bond acceptors (Lipinski definition) is 10. The molecule has 0 radical (unpaired) electrons. The number of aromatic nitrogens is 2. The summed E-state index contributed by atoms with van der Waals surface area (Å²) in [4.78, 5) is 9.19. The van der Waals surface area contributed by atoms with Crippen LogP contribution in [0.15, 0.2) is 48.5 Å². The summed E-state index contributed by atoms with van der Waals surface area (Å²) in [5.41, 5.74) is 7.93. The minimum absolute atomic E-state index is 0.0401. The van der Waals surface area contributed by atoms with Gasteiger partial charge in [-0.2, -0.15) is 9.97 Å². The number of nitrogens with zero attached hydrogens (tertiary/aromatic N) is 2. The molecule has 2 heterocycles. The topological polar surface area (TPSA) is 127 Å². The van der Waals surface area contributed by atoms with E-state index in [1.54, 1.807) is 14.2 Å². The van der Waals surface area contributed by atoms with Crippen molar-refractivity contribution in [3.63, 3.8) is 0 Å². The molecule has 54 heavy (non-hydrogen) atoms. The molecule has 4 aromatic rings. The maximum absolute atomic E-state index is 10.4. The Morgan fingerprint density at radius 2 is 1.02 bits per heavy atom. The Morgan fingerprint density at radius 3 is 1.41 bits per heavy atom. The summed E-state index contributed by atoms with van der Waals surface area (Å²) < 4.78 is 23.6. The van der Waals surface area contributed by atoms with Crippen molar-refractivity contribution >= 4 is 23.2 Å². The summed E-state index contributed by atoms with van der Waals surface area (Å²) in [6, 6.07) is 16.1. The summed E-state index contributed by atoms with van der Waals surface area (Å²) in [5.74, 6) is 1.47. The first kappa shape index (κ1) is 40.0. The first-order chi connectivity index (χ1) is 26.2. The molecule has 10 nitrogen and oxygen atoms in total. The van der Waals surface area contributed by atoms with Gasteiger partial charge in [0.1, 0.15) is 23.3 Å².